The zero-order valence-corrected chi connectivity index (χ0v) is 14.1. The molecule has 0 radical (unpaired) electrons. The van der Waals surface area contributed by atoms with Crippen LogP contribution >= 0.6 is 0 Å². The Labute approximate surface area is 143 Å². The summed E-state index contributed by atoms with van der Waals surface area (Å²) < 4.78 is 176. The van der Waals surface area contributed by atoms with Gasteiger partial charge in [-0.25, -0.2) is 30.0 Å². The van der Waals surface area contributed by atoms with Gasteiger partial charge in [0.1, 0.15) is 0 Å². The SMILES string of the molecule is C=C(C(=O)O)C(S(=O)(=O)C(F)(F)F)(S(=O)(=O)C(F)(F)F)S(=O)(=O)C(F)(F)F. The van der Waals surface area contributed by atoms with Gasteiger partial charge in [0.25, 0.3) is 29.5 Å². The zero-order chi connectivity index (χ0) is 22.7. The van der Waals surface area contributed by atoms with Crippen molar-refractivity contribution in [1.82, 2.24) is 0 Å². The molecule has 0 aromatic rings. The molecule has 0 spiro atoms. The number of halogens is 9. The third-order valence-corrected chi connectivity index (χ3v) is 11.2. The summed E-state index contributed by atoms with van der Waals surface area (Å²) in [6.07, 6.45) is 0. The number of sulfone groups is 3. The number of carboxylic acids is 1. The maximum absolute atomic E-state index is 12.7. The lowest BCUT2D eigenvalue weighted by Gasteiger charge is -2.33. The van der Waals surface area contributed by atoms with Crippen LogP contribution < -0.4 is 0 Å². The van der Waals surface area contributed by atoms with Crippen LogP contribution in [0, 0.1) is 0 Å². The van der Waals surface area contributed by atoms with Gasteiger partial charge in [-0.3, -0.25) is 0 Å². The van der Waals surface area contributed by atoms with Gasteiger partial charge < -0.3 is 5.11 Å². The Morgan fingerprint density at radius 2 is 0.815 bits per heavy atom. The highest BCUT2D eigenvalue weighted by atomic mass is 32.3. The second kappa shape index (κ2) is 6.22. The van der Waals surface area contributed by atoms with E-state index in [-0.39, 0.29) is 0 Å². The van der Waals surface area contributed by atoms with Gasteiger partial charge in [-0.15, -0.1) is 0 Å². The average Bonchev–Trinajstić information content (AvgIpc) is 2.33. The van der Waals surface area contributed by atoms with Crippen LogP contribution in [0.15, 0.2) is 12.2 Å². The van der Waals surface area contributed by atoms with Crippen molar-refractivity contribution in [2.24, 2.45) is 0 Å². The van der Waals surface area contributed by atoms with Gasteiger partial charge >= 0.3 is 25.9 Å². The highest BCUT2D eigenvalue weighted by Crippen LogP contribution is 2.54. The molecule has 0 aliphatic heterocycles. The van der Waals surface area contributed by atoms with Crippen LogP contribution in [0.4, 0.5) is 39.5 Å². The van der Waals surface area contributed by atoms with Crippen LogP contribution in [0.2, 0.25) is 0 Å². The number of aliphatic carboxylic acids is 1. The number of alkyl halides is 9. The van der Waals surface area contributed by atoms with Gasteiger partial charge in [0.2, 0.25) is 0 Å². The second-order valence-corrected chi connectivity index (χ2v) is 11.2. The third kappa shape index (κ3) is 3.15. The molecule has 160 valence electrons. The molecule has 0 rings (SSSR count). The van der Waals surface area contributed by atoms with E-state index < -0.39 is 61.0 Å². The fourth-order valence-electron chi connectivity index (χ4n) is 1.51. The summed E-state index contributed by atoms with van der Waals surface area (Å²) in [5, 5.41) is 8.41. The van der Waals surface area contributed by atoms with Crippen molar-refractivity contribution in [2.45, 2.75) is 19.9 Å². The van der Waals surface area contributed by atoms with E-state index in [2.05, 4.69) is 0 Å². The molecule has 0 atom stereocenters. The first-order chi connectivity index (χ1) is 11.4. The molecule has 0 aromatic heterocycles. The van der Waals surface area contributed by atoms with Crippen molar-refractivity contribution < 1.29 is 74.7 Å². The first-order valence-corrected chi connectivity index (χ1v) is 9.66. The third-order valence-electron chi connectivity index (χ3n) is 2.60. The van der Waals surface area contributed by atoms with Gasteiger partial charge in [0, 0.05) is 0 Å². The number of carboxylic acid groups (broad SMARTS) is 1. The van der Waals surface area contributed by atoms with Crippen molar-refractivity contribution in [2.75, 3.05) is 0 Å². The van der Waals surface area contributed by atoms with E-state index in [4.69, 9.17) is 5.11 Å². The molecule has 27 heavy (non-hydrogen) atoms. The van der Waals surface area contributed by atoms with Crippen LogP contribution in [0.3, 0.4) is 0 Å². The van der Waals surface area contributed by atoms with Crippen LogP contribution in [-0.2, 0) is 34.3 Å². The summed E-state index contributed by atoms with van der Waals surface area (Å²) in [7, 11) is -25.9. The van der Waals surface area contributed by atoms with E-state index in [9.17, 15) is 69.6 Å². The smallest absolute Gasteiger partial charge is 0.478 e. The van der Waals surface area contributed by atoms with Crippen molar-refractivity contribution in [3.63, 3.8) is 0 Å². The van der Waals surface area contributed by atoms with Gasteiger partial charge in [-0.2, -0.15) is 39.5 Å². The van der Waals surface area contributed by atoms with Crippen molar-refractivity contribution in [1.29, 1.82) is 0 Å². The molecule has 1 N–H and O–H groups in total. The lowest BCUT2D eigenvalue weighted by molar-refractivity contribution is -0.132. The van der Waals surface area contributed by atoms with Crippen LogP contribution in [0.25, 0.3) is 0 Å². The Hall–Kier alpha value is -1.57. The predicted molar refractivity (Wildman–Crippen MR) is 64.4 cm³/mol. The Bertz CT molecular complexity index is 855. The maximum Gasteiger partial charge on any atom is 0.500 e. The predicted octanol–water partition coefficient (Wildman–Crippen LogP) is 1.08. The summed E-state index contributed by atoms with van der Waals surface area (Å²) in [6.45, 7) is 1.63. The Morgan fingerprint density at radius 1 is 0.630 bits per heavy atom. The molecule has 0 saturated heterocycles. The molecular weight excluding hydrogens is 479 g/mol. The topological polar surface area (TPSA) is 140 Å². The fourth-order valence-corrected chi connectivity index (χ4v) is 8.82. The number of carbonyl (C=O) groups is 1. The lowest BCUT2D eigenvalue weighted by atomic mass is 10.3. The van der Waals surface area contributed by atoms with Crippen molar-refractivity contribution in [3.05, 3.63) is 12.2 Å². The molecule has 0 bridgehead atoms. The molecule has 0 fully saturated rings. The second-order valence-electron chi connectivity index (χ2n) is 4.19. The molecule has 0 aromatic carbocycles. The molecule has 0 aliphatic rings. The Kier molecular flexibility index (Phi) is 5.86. The molecular formula is C7H3F9O8S3. The number of hydrogen-bond acceptors (Lipinski definition) is 7. The summed E-state index contributed by atoms with van der Waals surface area (Å²) in [5.74, 6) is -3.52. The van der Waals surface area contributed by atoms with E-state index in [1.54, 1.807) is 6.58 Å². The van der Waals surface area contributed by atoms with Crippen LogP contribution in [-0.4, -0.2) is 56.3 Å². The van der Waals surface area contributed by atoms with Gasteiger partial charge in [0.05, 0.1) is 5.57 Å². The first kappa shape index (κ1) is 25.4. The zero-order valence-electron chi connectivity index (χ0n) is 11.6. The Morgan fingerprint density at radius 3 is 0.926 bits per heavy atom. The summed E-state index contributed by atoms with van der Waals surface area (Å²) in [6, 6.07) is 0. The number of hydrogen-bond donors (Lipinski definition) is 1. The van der Waals surface area contributed by atoms with Crippen molar-refractivity contribution in [3.8, 4) is 0 Å². The minimum Gasteiger partial charge on any atom is -0.478 e. The normalized spacial score (nSPS) is 15.4. The van der Waals surface area contributed by atoms with E-state index in [1.165, 1.54) is 0 Å². The van der Waals surface area contributed by atoms with E-state index in [1.807, 2.05) is 0 Å². The molecule has 20 heteroatoms. The van der Waals surface area contributed by atoms with E-state index in [0.717, 1.165) is 0 Å². The molecule has 0 aliphatic carbocycles. The molecule has 0 heterocycles. The summed E-state index contributed by atoms with van der Waals surface area (Å²) in [5.41, 5.74) is -25.8. The van der Waals surface area contributed by atoms with Crippen LogP contribution in [0.1, 0.15) is 0 Å². The van der Waals surface area contributed by atoms with Gasteiger partial charge in [0.15, 0.2) is 0 Å². The standard InChI is InChI=1S/C7H3F9O8S3/c1-2(3(17)18)4(25(19,20)5(8,9)10,26(21,22)6(11,12)13)27(23,24)7(14,15)16/h1H2,(H,17,18). The maximum atomic E-state index is 12.7. The monoisotopic (exact) mass is 482 g/mol. The summed E-state index contributed by atoms with van der Waals surface area (Å²) >= 11 is 0. The molecule has 0 unspecified atom stereocenters. The highest BCUT2D eigenvalue weighted by molar-refractivity contribution is 8.27. The van der Waals surface area contributed by atoms with E-state index >= 15 is 0 Å². The number of rotatable bonds is 5. The van der Waals surface area contributed by atoms with E-state index in [0.29, 0.717) is 0 Å². The minimum atomic E-state index is -8.62. The van der Waals surface area contributed by atoms with Crippen molar-refractivity contribution >= 4 is 35.5 Å². The minimum absolute atomic E-state index is 1.63. The van der Waals surface area contributed by atoms with Gasteiger partial charge in [-0.05, 0) is 0 Å². The fraction of sp³-hybridized carbons (Fsp3) is 0.571. The van der Waals surface area contributed by atoms with Crippen LogP contribution in [0.5, 0.6) is 0 Å². The lowest BCUT2D eigenvalue weighted by Crippen LogP contribution is -2.65. The summed E-state index contributed by atoms with van der Waals surface area (Å²) in [4.78, 5) is 10.7. The quantitative estimate of drug-likeness (QED) is 0.454. The largest absolute Gasteiger partial charge is 0.500 e. The molecule has 0 amide bonds. The molecule has 0 saturated carbocycles. The Balaban J connectivity index is 8.34. The average molecular weight is 482 g/mol. The first-order valence-electron chi connectivity index (χ1n) is 5.21. The molecule has 8 nitrogen and oxygen atoms in total. The van der Waals surface area contributed by atoms with Gasteiger partial charge in [-0.1, -0.05) is 6.58 Å². The highest BCUT2D eigenvalue weighted by Gasteiger charge is 2.85.